The number of fused-ring (bicyclic) bond motifs is 1. The van der Waals surface area contributed by atoms with Crippen LogP contribution in [0.4, 0.5) is 5.69 Å². The van der Waals surface area contributed by atoms with Gasteiger partial charge in [0.25, 0.3) is 0 Å². The van der Waals surface area contributed by atoms with E-state index in [0.717, 1.165) is 23.3 Å². The van der Waals surface area contributed by atoms with Crippen LogP contribution in [0.5, 0.6) is 0 Å². The summed E-state index contributed by atoms with van der Waals surface area (Å²) in [5.74, 6) is 1.11. The van der Waals surface area contributed by atoms with Gasteiger partial charge in [0.1, 0.15) is 12.4 Å². The highest BCUT2D eigenvalue weighted by atomic mass is 16.5. The predicted octanol–water partition coefficient (Wildman–Crippen LogP) is 2.77. The Bertz CT molecular complexity index is 644. The molecule has 0 saturated heterocycles. The molecule has 1 heterocycles. The van der Waals surface area contributed by atoms with E-state index in [1.54, 1.807) is 0 Å². The average Bonchev–Trinajstić information content (AvgIpc) is 2.64. The van der Waals surface area contributed by atoms with Crippen LogP contribution in [0.15, 0.2) is 18.2 Å². The van der Waals surface area contributed by atoms with Crippen LogP contribution in [-0.2, 0) is 22.5 Å². The normalized spacial score (nSPS) is 11.5. The van der Waals surface area contributed by atoms with Crippen LogP contribution in [-0.4, -0.2) is 21.6 Å². The van der Waals surface area contributed by atoms with Crippen molar-refractivity contribution in [2.75, 3.05) is 5.73 Å². The summed E-state index contributed by atoms with van der Waals surface area (Å²) in [5, 5.41) is 0. The number of carbonyl (C=O) groups excluding carboxylic acids is 1. The van der Waals surface area contributed by atoms with E-state index in [2.05, 4.69) is 18.8 Å². The number of benzene rings is 1. The minimum atomic E-state index is -0.244. The third-order valence-electron chi connectivity index (χ3n) is 3.10. The van der Waals surface area contributed by atoms with Gasteiger partial charge in [-0.05, 0) is 38.0 Å². The van der Waals surface area contributed by atoms with E-state index in [1.165, 1.54) is 0 Å². The number of esters is 1. The standard InChI is InChI=1S/C16H23N3O2/c1-10(2)7-15-18-13-8-12(17)5-6-14(13)19(15)9-16(20)21-11(3)4/h5-6,8,10-11H,7,9,17H2,1-4H3. The first-order valence-electron chi connectivity index (χ1n) is 7.31. The fourth-order valence-corrected chi connectivity index (χ4v) is 2.32. The molecule has 0 aliphatic rings. The van der Waals surface area contributed by atoms with E-state index in [0.29, 0.717) is 11.6 Å². The Balaban J connectivity index is 2.40. The van der Waals surface area contributed by atoms with Gasteiger partial charge in [0.15, 0.2) is 0 Å². The van der Waals surface area contributed by atoms with Crippen LogP contribution in [0.2, 0.25) is 0 Å². The van der Waals surface area contributed by atoms with E-state index >= 15 is 0 Å². The molecular weight excluding hydrogens is 266 g/mol. The lowest BCUT2D eigenvalue weighted by molar-refractivity contribution is -0.148. The summed E-state index contributed by atoms with van der Waals surface area (Å²) in [6, 6.07) is 5.57. The molecule has 5 heteroatoms. The van der Waals surface area contributed by atoms with E-state index in [1.807, 2.05) is 36.6 Å². The molecule has 0 atom stereocenters. The molecule has 2 rings (SSSR count). The number of rotatable bonds is 5. The van der Waals surface area contributed by atoms with Gasteiger partial charge in [-0.2, -0.15) is 0 Å². The summed E-state index contributed by atoms with van der Waals surface area (Å²) >= 11 is 0. The van der Waals surface area contributed by atoms with Gasteiger partial charge in [0, 0.05) is 12.1 Å². The fraction of sp³-hybridized carbons (Fsp3) is 0.500. The Labute approximate surface area is 125 Å². The molecule has 0 unspecified atom stereocenters. The second-order valence-corrected chi connectivity index (χ2v) is 6.00. The predicted molar refractivity (Wildman–Crippen MR) is 83.9 cm³/mol. The highest BCUT2D eigenvalue weighted by Gasteiger charge is 2.16. The molecule has 0 saturated carbocycles. The molecule has 21 heavy (non-hydrogen) atoms. The molecule has 0 aliphatic carbocycles. The number of ether oxygens (including phenoxy) is 1. The number of imidazole rings is 1. The summed E-state index contributed by atoms with van der Waals surface area (Å²) in [7, 11) is 0. The molecule has 0 radical (unpaired) electrons. The van der Waals surface area contributed by atoms with Crippen LogP contribution in [0.3, 0.4) is 0 Å². The van der Waals surface area contributed by atoms with E-state index in [4.69, 9.17) is 10.5 Å². The maximum absolute atomic E-state index is 12.0. The van der Waals surface area contributed by atoms with Gasteiger partial charge in [0.05, 0.1) is 17.1 Å². The van der Waals surface area contributed by atoms with Gasteiger partial charge in [-0.1, -0.05) is 13.8 Å². The number of hydrogen-bond acceptors (Lipinski definition) is 4. The zero-order chi connectivity index (χ0) is 15.6. The average molecular weight is 289 g/mol. The third kappa shape index (κ3) is 3.74. The maximum Gasteiger partial charge on any atom is 0.326 e. The molecule has 5 nitrogen and oxygen atoms in total. The molecule has 0 bridgehead atoms. The van der Waals surface area contributed by atoms with Crippen molar-refractivity contribution in [2.45, 2.75) is 46.8 Å². The lowest BCUT2D eigenvalue weighted by Crippen LogP contribution is -2.19. The van der Waals surface area contributed by atoms with Crippen molar-refractivity contribution in [3.8, 4) is 0 Å². The molecule has 0 aliphatic heterocycles. The molecule has 1 aromatic heterocycles. The van der Waals surface area contributed by atoms with Crippen molar-refractivity contribution in [1.82, 2.24) is 9.55 Å². The molecule has 1 aromatic carbocycles. The first-order valence-corrected chi connectivity index (χ1v) is 7.31. The highest BCUT2D eigenvalue weighted by Crippen LogP contribution is 2.21. The summed E-state index contributed by atoms with van der Waals surface area (Å²) in [5.41, 5.74) is 8.22. The number of anilines is 1. The minimum Gasteiger partial charge on any atom is -0.462 e. The highest BCUT2D eigenvalue weighted by molar-refractivity contribution is 5.81. The zero-order valence-corrected chi connectivity index (χ0v) is 13.1. The Morgan fingerprint density at radius 2 is 2.05 bits per heavy atom. The topological polar surface area (TPSA) is 70.1 Å². The van der Waals surface area contributed by atoms with E-state index in [-0.39, 0.29) is 18.6 Å². The lowest BCUT2D eigenvalue weighted by atomic mass is 10.1. The summed E-state index contributed by atoms with van der Waals surface area (Å²) in [6.45, 7) is 8.13. The lowest BCUT2D eigenvalue weighted by Gasteiger charge is -2.12. The van der Waals surface area contributed by atoms with Gasteiger partial charge in [0.2, 0.25) is 0 Å². The second kappa shape index (κ2) is 6.16. The number of nitrogens with zero attached hydrogens (tertiary/aromatic N) is 2. The third-order valence-corrected chi connectivity index (χ3v) is 3.10. The second-order valence-electron chi connectivity index (χ2n) is 6.00. The number of hydrogen-bond donors (Lipinski definition) is 1. The van der Waals surface area contributed by atoms with Gasteiger partial charge >= 0.3 is 5.97 Å². The Morgan fingerprint density at radius 3 is 2.67 bits per heavy atom. The number of nitrogens with two attached hydrogens (primary N) is 1. The van der Waals surface area contributed by atoms with Crippen molar-refractivity contribution < 1.29 is 9.53 Å². The summed E-state index contributed by atoms with van der Waals surface area (Å²) < 4.78 is 7.17. The fourth-order valence-electron chi connectivity index (χ4n) is 2.32. The Hall–Kier alpha value is -2.04. The maximum atomic E-state index is 12.0. The molecule has 0 spiro atoms. The van der Waals surface area contributed by atoms with Gasteiger partial charge in [-0.3, -0.25) is 4.79 Å². The van der Waals surface area contributed by atoms with Crippen LogP contribution in [0, 0.1) is 5.92 Å². The molecule has 0 fully saturated rings. The quantitative estimate of drug-likeness (QED) is 0.678. The van der Waals surface area contributed by atoms with Crippen LogP contribution in [0.25, 0.3) is 11.0 Å². The summed E-state index contributed by atoms with van der Waals surface area (Å²) in [6.07, 6.45) is 0.695. The molecule has 0 amide bonds. The number of carbonyl (C=O) groups is 1. The molecule has 2 aromatic rings. The molecule has 114 valence electrons. The first kappa shape index (κ1) is 15.4. The van der Waals surface area contributed by atoms with Crippen molar-refractivity contribution in [3.63, 3.8) is 0 Å². The van der Waals surface area contributed by atoms with E-state index < -0.39 is 0 Å². The van der Waals surface area contributed by atoms with Crippen molar-refractivity contribution in [2.24, 2.45) is 5.92 Å². The number of nitrogen functional groups attached to an aromatic ring is 1. The largest absolute Gasteiger partial charge is 0.462 e. The van der Waals surface area contributed by atoms with Crippen LogP contribution < -0.4 is 5.73 Å². The van der Waals surface area contributed by atoms with Crippen molar-refractivity contribution in [1.29, 1.82) is 0 Å². The van der Waals surface area contributed by atoms with Gasteiger partial charge in [-0.25, -0.2) is 4.98 Å². The molecular formula is C16H23N3O2. The summed E-state index contributed by atoms with van der Waals surface area (Å²) in [4.78, 5) is 16.6. The van der Waals surface area contributed by atoms with Crippen LogP contribution >= 0.6 is 0 Å². The van der Waals surface area contributed by atoms with Gasteiger partial charge < -0.3 is 15.0 Å². The van der Waals surface area contributed by atoms with Crippen LogP contribution in [0.1, 0.15) is 33.5 Å². The van der Waals surface area contributed by atoms with Crippen molar-refractivity contribution >= 4 is 22.7 Å². The molecule has 2 N–H and O–H groups in total. The SMILES string of the molecule is CC(C)Cc1nc2cc(N)ccc2n1CC(=O)OC(C)C. The Kier molecular flexibility index (Phi) is 4.50. The van der Waals surface area contributed by atoms with Crippen molar-refractivity contribution in [3.05, 3.63) is 24.0 Å². The number of aromatic nitrogens is 2. The monoisotopic (exact) mass is 289 g/mol. The smallest absolute Gasteiger partial charge is 0.326 e. The Morgan fingerprint density at radius 1 is 1.33 bits per heavy atom. The zero-order valence-electron chi connectivity index (χ0n) is 13.1. The van der Waals surface area contributed by atoms with E-state index in [9.17, 15) is 4.79 Å². The minimum absolute atomic E-state index is 0.114. The first-order chi connectivity index (χ1) is 9.86. The van der Waals surface area contributed by atoms with Gasteiger partial charge in [-0.15, -0.1) is 0 Å².